The third kappa shape index (κ3) is 5.29. The zero-order valence-corrected chi connectivity index (χ0v) is 31.2. The largest absolute Gasteiger partial charge is 0.497 e. The summed E-state index contributed by atoms with van der Waals surface area (Å²) in [7, 11) is 0.400. The second-order valence-corrected chi connectivity index (χ2v) is 18.2. The van der Waals surface area contributed by atoms with Gasteiger partial charge in [-0.1, -0.05) is 53.0 Å². The van der Waals surface area contributed by atoms with Crippen molar-refractivity contribution in [1.29, 1.82) is 0 Å². The lowest BCUT2D eigenvalue weighted by Crippen LogP contribution is -2.51. The van der Waals surface area contributed by atoms with E-state index < -0.39 is 28.1 Å². The third-order valence-corrected chi connectivity index (χ3v) is 14.9. The molecule has 0 saturated heterocycles. The quantitative estimate of drug-likeness (QED) is 0.280. The first-order valence-electron chi connectivity index (χ1n) is 18.2. The number of amides is 2. The van der Waals surface area contributed by atoms with Crippen molar-refractivity contribution in [3.63, 3.8) is 0 Å². The van der Waals surface area contributed by atoms with Crippen molar-refractivity contribution in [2.75, 3.05) is 21.2 Å². The molecule has 3 fully saturated rings. The number of hydrogen-bond donors (Lipinski definition) is 3. The van der Waals surface area contributed by atoms with Gasteiger partial charge in [0.05, 0.1) is 30.9 Å². The molecule has 7 rings (SSSR count). The minimum atomic E-state index is -4.00. The number of fused-ring (bicyclic) bond motifs is 7. The molecule has 2 bridgehead atoms. The van der Waals surface area contributed by atoms with Crippen LogP contribution in [0.1, 0.15) is 106 Å². The number of nitrogens with one attached hydrogen (secondary N) is 2. The molecule has 3 aliphatic carbocycles. The van der Waals surface area contributed by atoms with Crippen molar-refractivity contribution in [1.82, 2.24) is 18.9 Å². The Morgan fingerprint density at radius 3 is 2.38 bits per heavy atom. The highest BCUT2D eigenvalue weighted by Crippen LogP contribution is 2.65. The molecule has 6 atom stereocenters. The van der Waals surface area contributed by atoms with Crippen molar-refractivity contribution in [2.24, 2.45) is 22.7 Å². The minimum absolute atomic E-state index is 0.0952. The molecule has 50 heavy (non-hydrogen) atoms. The summed E-state index contributed by atoms with van der Waals surface area (Å²) in [5.41, 5.74) is 5.02. The van der Waals surface area contributed by atoms with E-state index >= 15 is 0 Å². The zero-order chi connectivity index (χ0) is 35.9. The number of carbonyl (C=O) groups excluding carboxylic acids is 2. The van der Waals surface area contributed by atoms with Crippen LogP contribution in [0.5, 0.6) is 5.75 Å². The summed E-state index contributed by atoms with van der Waals surface area (Å²) < 4.78 is 36.3. The number of methoxy groups -OCH3 is 1. The lowest BCUT2D eigenvalue weighted by molar-refractivity contribution is -0.128. The van der Waals surface area contributed by atoms with Crippen LogP contribution in [-0.4, -0.2) is 67.6 Å². The monoisotopic (exact) mass is 704 g/mol. The van der Waals surface area contributed by atoms with Crippen molar-refractivity contribution in [2.45, 2.75) is 103 Å². The van der Waals surface area contributed by atoms with Crippen LogP contribution in [-0.2, 0) is 21.5 Å². The van der Waals surface area contributed by atoms with Gasteiger partial charge in [0.1, 0.15) is 5.75 Å². The average molecular weight is 705 g/mol. The molecular formula is C39H52N4O6S. The maximum Gasteiger partial charge on any atom is 0.303 e. The summed E-state index contributed by atoms with van der Waals surface area (Å²) in [6.45, 7) is 9.06. The molecule has 4 aliphatic rings. The van der Waals surface area contributed by atoms with Crippen LogP contribution in [0.15, 0.2) is 36.4 Å². The van der Waals surface area contributed by atoms with E-state index in [1.165, 1.54) is 26.1 Å². The second kappa shape index (κ2) is 12.4. The summed E-state index contributed by atoms with van der Waals surface area (Å²) in [6, 6.07) is 11.2. The van der Waals surface area contributed by atoms with Gasteiger partial charge >= 0.3 is 10.2 Å². The van der Waals surface area contributed by atoms with Gasteiger partial charge in [0.2, 0.25) is 5.91 Å². The summed E-state index contributed by atoms with van der Waals surface area (Å²) in [5.74, 6) is -0.284. The standard InChI is InChI=1S/C39H52N4O6S/c1-22-28-20-25(49-7)14-16-26(28)34-32(23-11-9-8-10-12-23)27-15-13-24(36(45)41-50(47,48)42(5)6)19-31(27)43(34)21-29(22)37(46)40-33-30-17-18-39(4,35(33)44)38(30,2)3/h13-16,19-20,22-23,29-30,33,35,44H,8-12,17-18,21H2,1-7H3,(H,40,46)(H,41,45)/t22?,29?,30?,33-,35-,39?/m1/s1. The van der Waals surface area contributed by atoms with E-state index in [1.807, 2.05) is 12.1 Å². The topological polar surface area (TPSA) is 130 Å². The predicted molar refractivity (Wildman–Crippen MR) is 194 cm³/mol. The number of nitrogens with zero attached hydrogens (tertiary/aromatic N) is 2. The molecule has 3 N–H and O–H groups in total. The van der Waals surface area contributed by atoms with Gasteiger partial charge in [-0.15, -0.1) is 0 Å². The van der Waals surface area contributed by atoms with Gasteiger partial charge in [-0.2, -0.15) is 12.7 Å². The first-order chi connectivity index (χ1) is 23.6. The molecule has 1 aromatic heterocycles. The molecule has 11 heteroatoms. The van der Waals surface area contributed by atoms with Crippen molar-refractivity contribution >= 4 is 32.9 Å². The molecular weight excluding hydrogens is 653 g/mol. The molecule has 2 amide bonds. The number of hydrogen-bond acceptors (Lipinski definition) is 6. The fourth-order valence-corrected chi connectivity index (χ4v) is 10.5. The fraction of sp³-hybridized carbons (Fsp3) is 0.590. The van der Waals surface area contributed by atoms with Crippen LogP contribution in [0.4, 0.5) is 0 Å². The van der Waals surface area contributed by atoms with E-state index in [4.69, 9.17) is 4.74 Å². The Morgan fingerprint density at radius 1 is 1.02 bits per heavy atom. The zero-order valence-electron chi connectivity index (χ0n) is 30.4. The SMILES string of the molecule is COc1ccc2c(c1)C(C)C(C(=O)N[C@@H]1C3CCC(C)([C@@H]1O)C3(C)C)Cn1c-2c(C2CCCCC2)c2ccc(C(=O)NS(=O)(=O)N(C)C)cc21. The summed E-state index contributed by atoms with van der Waals surface area (Å²) in [6.07, 6.45) is 6.86. The molecule has 2 aromatic carbocycles. The first kappa shape index (κ1) is 35.0. The maximum absolute atomic E-state index is 14.7. The lowest BCUT2D eigenvalue weighted by atomic mass is 9.70. The molecule has 10 nitrogen and oxygen atoms in total. The van der Waals surface area contributed by atoms with Gasteiger partial charge in [0, 0.05) is 48.1 Å². The molecule has 2 heterocycles. The number of aliphatic hydroxyl groups excluding tert-OH is 1. The molecule has 1 aliphatic heterocycles. The van der Waals surface area contributed by atoms with Gasteiger partial charge in [0.15, 0.2) is 0 Å². The van der Waals surface area contributed by atoms with Crippen molar-refractivity contribution < 1.29 is 27.9 Å². The number of aliphatic hydroxyl groups is 1. The summed E-state index contributed by atoms with van der Waals surface area (Å²) >= 11 is 0. The maximum atomic E-state index is 14.7. The Hall–Kier alpha value is -3.41. The number of rotatable bonds is 7. The van der Waals surface area contributed by atoms with Crippen LogP contribution < -0.4 is 14.8 Å². The Kier molecular flexibility index (Phi) is 8.66. The van der Waals surface area contributed by atoms with Crippen LogP contribution in [0, 0.1) is 22.7 Å². The molecule has 270 valence electrons. The Bertz CT molecular complexity index is 1960. The van der Waals surface area contributed by atoms with E-state index in [2.05, 4.69) is 54.4 Å². The highest BCUT2D eigenvalue weighted by Gasteiger charge is 2.66. The van der Waals surface area contributed by atoms with Gasteiger partial charge < -0.3 is 19.7 Å². The van der Waals surface area contributed by atoms with Crippen LogP contribution in [0.2, 0.25) is 0 Å². The number of carbonyl (C=O) groups is 2. The number of benzene rings is 2. The van der Waals surface area contributed by atoms with E-state index in [-0.39, 0.29) is 40.2 Å². The van der Waals surface area contributed by atoms with Gasteiger partial charge in [-0.25, -0.2) is 4.72 Å². The van der Waals surface area contributed by atoms with Gasteiger partial charge in [-0.3, -0.25) is 9.59 Å². The van der Waals surface area contributed by atoms with E-state index in [1.54, 1.807) is 19.2 Å². The van der Waals surface area contributed by atoms with Crippen LogP contribution in [0.3, 0.4) is 0 Å². The predicted octanol–water partition coefficient (Wildman–Crippen LogP) is 5.94. The number of aromatic nitrogens is 1. The Balaban J connectivity index is 1.38. The highest BCUT2D eigenvalue weighted by atomic mass is 32.2. The summed E-state index contributed by atoms with van der Waals surface area (Å²) in [4.78, 5) is 28.1. The van der Waals surface area contributed by atoms with E-state index in [0.29, 0.717) is 12.5 Å². The smallest absolute Gasteiger partial charge is 0.303 e. The number of ether oxygens (including phenoxy) is 1. The van der Waals surface area contributed by atoms with E-state index in [9.17, 15) is 23.1 Å². The second-order valence-electron chi connectivity index (χ2n) is 16.3. The molecule has 0 radical (unpaired) electrons. The summed E-state index contributed by atoms with van der Waals surface area (Å²) in [5, 5.41) is 16.0. The Labute approximate surface area is 296 Å². The molecule has 4 unspecified atom stereocenters. The fourth-order valence-electron chi connectivity index (χ4n) is 10.00. The average Bonchev–Trinajstić information content (AvgIpc) is 3.54. The molecule has 3 saturated carbocycles. The molecule has 0 spiro atoms. The molecule has 3 aromatic rings. The first-order valence-corrected chi connectivity index (χ1v) is 19.6. The highest BCUT2D eigenvalue weighted by molar-refractivity contribution is 7.87. The van der Waals surface area contributed by atoms with Crippen molar-refractivity contribution in [3.05, 3.63) is 53.1 Å². The minimum Gasteiger partial charge on any atom is -0.497 e. The van der Waals surface area contributed by atoms with E-state index in [0.717, 1.165) is 76.3 Å². The van der Waals surface area contributed by atoms with Crippen molar-refractivity contribution in [3.8, 4) is 17.0 Å². The lowest BCUT2D eigenvalue weighted by Gasteiger charge is -2.37. The third-order valence-electron chi connectivity index (χ3n) is 13.5. The van der Waals surface area contributed by atoms with Crippen LogP contribution in [0.25, 0.3) is 22.2 Å². The van der Waals surface area contributed by atoms with Gasteiger partial charge in [-0.05, 0) is 90.3 Å². The Morgan fingerprint density at radius 2 is 1.74 bits per heavy atom. The normalized spacial score (nSPS) is 29.0. The van der Waals surface area contributed by atoms with Gasteiger partial charge in [0.25, 0.3) is 5.91 Å². The van der Waals surface area contributed by atoms with Crippen LogP contribution >= 0.6 is 0 Å².